The van der Waals surface area contributed by atoms with E-state index in [4.69, 9.17) is 11.1 Å². The Kier molecular flexibility index (Phi) is 3.44. The molecule has 0 spiro atoms. The first-order chi connectivity index (χ1) is 7.11. The van der Waals surface area contributed by atoms with Gasteiger partial charge in [-0.3, -0.25) is 4.79 Å². The number of nitrogen functional groups attached to an aromatic ring is 1. The number of hydrogen-bond acceptors (Lipinski definition) is 4. The molecule has 80 valence electrons. The number of hydrogen-bond donors (Lipinski definition) is 2. The lowest BCUT2D eigenvalue weighted by Gasteiger charge is -2.13. The Bertz CT molecular complexity index is 388. The van der Waals surface area contributed by atoms with E-state index in [1.165, 1.54) is 13.3 Å². The van der Waals surface area contributed by atoms with Crippen LogP contribution >= 0.6 is 0 Å². The minimum atomic E-state index is -0.408. The van der Waals surface area contributed by atoms with E-state index >= 15 is 0 Å². The van der Waals surface area contributed by atoms with Crippen molar-refractivity contribution in [2.75, 3.05) is 12.8 Å². The monoisotopic (exact) mass is 206 g/mol. The summed E-state index contributed by atoms with van der Waals surface area (Å²) in [4.78, 5) is 11.3. The topological polar surface area (TPSA) is 76.2 Å². The molecule has 4 heteroatoms. The Morgan fingerprint density at radius 3 is 2.80 bits per heavy atom. The number of carbonyl (C=O) groups is 1. The number of methoxy groups -OCH3 is 1. The molecule has 0 radical (unpaired) electrons. The van der Waals surface area contributed by atoms with Gasteiger partial charge in [-0.2, -0.15) is 0 Å². The van der Waals surface area contributed by atoms with Gasteiger partial charge in [0.25, 0.3) is 0 Å². The summed E-state index contributed by atoms with van der Waals surface area (Å²) in [6.07, 6.45) is 1.17. The molecule has 1 aromatic carbocycles. The zero-order valence-electron chi connectivity index (χ0n) is 8.78. The average Bonchev–Trinajstić information content (AvgIpc) is 2.27. The fourth-order valence-electron chi connectivity index (χ4n) is 1.41. The first-order valence-corrected chi connectivity index (χ1v) is 4.58. The number of ether oxygens (including phenoxy) is 1. The number of benzene rings is 1. The second-order valence-corrected chi connectivity index (χ2v) is 3.24. The minimum Gasteiger partial charge on any atom is -0.469 e. The van der Waals surface area contributed by atoms with E-state index in [2.05, 4.69) is 4.74 Å². The van der Waals surface area contributed by atoms with Crippen LogP contribution in [0.25, 0.3) is 0 Å². The van der Waals surface area contributed by atoms with Crippen molar-refractivity contribution in [3.63, 3.8) is 0 Å². The molecule has 4 nitrogen and oxygen atoms in total. The molecule has 3 N–H and O–H groups in total. The van der Waals surface area contributed by atoms with Gasteiger partial charge in [-0.25, -0.2) is 0 Å². The van der Waals surface area contributed by atoms with Gasteiger partial charge in [-0.1, -0.05) is 18.2 Å². The Morgan fingerprint density at radius 1 is 1.60 bits per heavy atom. The molecule has 0 heterocycles. The largest absolute Gasteiger partial charge is 0.469 e. The van der Waals surface area contributed by atoms with E-state index in [1.54, 1.807) is 25.1 Å². The summed E-state index contributed by atoms with van der Waals surface area (Å²) in [6.45, 7) is 1.73. The number of carbonyl (C=O) groups excluding carboxylic acids is 1. The van der Waals surface area contributed by atoms with Crippen molar-refractivity contribution in [1.82, 2.24) is 0 Å². The van der Waals surface area contributed by atoms with E-state index in [0.29, 0.717) is 16.8 Å². The molecule has 0 amide bonds. The van der Waals surface area contributed by atoms with Crippen molar-refractivity contribution in [3.8, 4) is 0 Å². The third-order valence-corrected chi connectivity index (χ3v) is 2.35. The zero-order valence-corrected chi connectivity index (χ0v) is 8.78. The molecular weight excluding hydrogens is 192 g/mol. The molecule has 0 aliphatic rings. The normalized spacial score (nSPS) is 11.9. The van der Waals surface area contributed by atoms with E-state index in [-0.39, 0.29) is 5.97 Å². The maximum Gasteiger partial charge on any atom is 0.312 e. The van der Waals surface area contributed by atoms with Crippen LogP contribution in [-0.2, 0) is 9.53 Å². The van der Waals surface area contributed by atoms with E-state index in [0.717, 1.165) is 0 Å². The number of nitrogens with one attached hydrogen (secondary N) is 1. The van der Waals surface area contributed by atoms with Gasteiger partial charge in [0.05, 0.1) is 13.0 Å². The third kappa shape index (κ3) is 2.15. The quantitative estimate of drug-likeness (QED) is 0.447. The molecule has 1 aromatic rings. The van der Waals surface area contributed by atoms with Crippen LogP contribution < -0.4 is 5.73 Å². The molecule has 0 fully saturated rings. The summed E-state index contributed by atoms with van der Waals surface area (Å²) >= 11 is 0. The van der Waals surface area contributed by atoms with Crippen molar-refractivity contribution in [2.45, 2.75) is 12.8 Å². The Hall–Kier alpha value is -1.84. The van der Waals surface area contributed by atoms with Gasteiger partial charge >= 0.3 is 5.97 Å². The summed E-state index contributed by atoms with van der Waals surface area (Å²) in [5.41, 5.74) is 7.60. The van der Waals surface area contributed by atoms with Crippen molar-refractivity contribution in [3.05, 3.63) is 29.3 Å². The fourth-order valence-corrected chi connectivity index (χ4v) is 1.41. The molecule has 1 unspecified atom stereocenters. The van der Waals surface area contributed by atoms with Gasteiger partial charge in [-0.05, 0) is 12.5 Å². The fraction of sp³-hybridized carbons (Fsp3) is 0.273. The summed E-state index contributed by atoms with van der Waals surface area (Å²) in [5.74, 6) is -0.737. The van der Waals surface area contributed by atoms with Crippen LogP contribution in [0.1, 0.15) is 24.0 Å². The highest BCUT2D eigenvalue weighted by atomic mass is 16.5. The highest BCUT2D eigenvalue weighted by molar-refractivity contribution is 5.89. The lowest BCUT2D eigenvalue weighted by atomic mass is 9.97. The van der Waals surface area contributed by atoms with Crippen molar-refractivity contribution >= 4 is 17.9 Å². The van der Waals surface area contributed by atoms with Gasteiger partial charge in [0, 0.05) is 17.5 Å². The first kappa shape index (κ1) is 11.2. The van der Waals surface area contributed by atoms with Gasteiger partial charge in [0.2, 0.25) is 0 Å². The van der Waals surface area contributed by atoms with Crippen LogP contribution in [0.3, 0.4) is 0 Å². The van der Waals surface area contributed by atoms with Crippen molar-refractivity contribution in [2.24, 2.45) is 0 Å². The van der Waals surface area contributed by atoms with Gasteiger partial charge in [0.15, 0.2) is 0 Å². The zero-order chi connectivity index (χ0) is 11.4. The highest BCUT2D eigenvalue weighted by Crippen LogP contribution is 2.25. The molecule has 1 rings (SSSR count). The SMILES string of the molecule is COC(=O)C(C)c1cccc(C=N)c1N. The number of esters is 1. The molecule has 0 bridgehead atoms. The van der Waals surface area contributed by atoms with Gasteiger partial charge in [-0.15, -0.1) is 0 Å². The predicted octanol–water partition coefficient (Wildman–Crippen LogP) is 1.54. The molecule has 0 aliphatic carbocycles. The predicted molar refractivity (Wildman–Crippen MR) is 59.2 cm³/mol. The van der Waals surface area contributed by atoms with Crippen LogP contribution in [0.2, 0.25) is 0 Å². The second kappa shape index (κ2) is 4.59. The number of nitrogens with two attached hydrogens (primary N) is 1. The number of para-hydroxylation sites is 1. The van der Waals surface area contributed by atoms with E-state index in [9.17, 15) is 4.79 Å². The maximum atomic E-state index is 11.3. The minimum absolute atomic E-state index is 0.330. The third-order valence-electron chi connectivity index (χ3n) is 2.35. The van der Waals surface area contributed by atoms with Crippen LogP contribution in [0.5, 0.6) is 0 Å². The molecule has 0 aromatic heterocycles. The second-order valence-electron chi connectivity index (χ2n) is 3.24. The van der Waals surface area contributed by atoms with Crippen LogP contribution in [0.4, 0.5) is 5.69 Å². The molecule has 1 atom stereocenters. The van der Waals surface area contributed by atoms with Crippen LogP contribution in [0.15, 0.2) is 18.2 Å². The molecule has 0 aliphatic heterocycles. The summed E-state index contributed by atoms with van der Waals surface area (Å²) in [6, 6.07) is 5.27. The van der Waals surface area contributed by atoms with Crippen molar-refractivity contribution in [1.29, 1.82) is 5.41 Å². The summed E-state index contributed by atoms with van der Waals surface area (Å²) in [5, 5.41) is 7.15. The first-order valence-electron chi connectivity index (χ1n) is 4.58. The summed E-state index contributed by atoms with van der Waals surface area (Å²) < 4.78 is 4.64. The average molecular weight is 206 g/mol. The Morgan fingerprint density at radius 2 is 2.27 bits per heavy atom. The molecule has 0 saturated carbocycles. The van der Waals surface area contributed by atoms with Crippen LogP contribution in [0, 0.1) is 5.41 Å². The Balaban J connectivity index is 3.14. The van der Waals surface area contributed by atoms with E-state index < -0.39 is 5.92 Å². The number of rotatable bonds is 3. The van der Waals surface area contributed by atoms with Crippen LogP contribution in [-0.4, -0.2) is 19.3 Å². The number of anilines is 1. The van der Waals surface area contributed by atoms with Crippen molar-refractivity contribution < 1.29 is 9.53 Å². The Labute approximate surface area is 88.6 Å². The molecule has 15 heavy (non-hydrogen) atoms. The smallest absolute Gasteiger partial charge is 0.312 e. The van der Waals surface area contributed by atoms with Gasteiger partial charge in [0.1, 0.15) is 0 Å². The molecular formula is C11H14N2O2. The lowest BCUT2D eigenvalue weighted by molar-refractivity contribution is -0.141. The standard InChI is InChI=1S/C11H14N2O2/c1-7(11(14)15-2)9-5-3-4-8(6-12)10(9)13/h3-7,12H,13H2,1-2H3. The highest BCUT2D eigenvalue weighted by Gasteiger charge is 2.18. The lowest BCUT2D eigenvalue weighted by Crippen LogP contribution is -2.13. The van der Waals surface area contributed by atoms with Gasteiger partial charge < -0.3 is 15.9 Å². The molecule has 0 saturated heterocycles. The van der Waals surface area contributed by atoms with E-state index in [1.807, 2.05) is 0 Å². The maximum absolute atomic E-state index is 11.3. The summed E-state index contributed by atoms with van der Waals surface area (Å²) in [7, 11) is 1.34.